The fourth-order valence-electron chi connectivity index (χ4n) is 2.62. The van der Waals surface area contributed by atoms with Crippen molar-refractivity contribution in [2.24, 2.45) is 0 Å². The van der Waals surface area contributed by atoms with Gasteiger partial charge in [0.25, 0.3) is 0 Å². The monoisotopic (exact) mass is 368 g/mol. The number of carboxylic acids is 1. The number of aromatic nitrogens is 3. The molecule has 0 amide bonds. The van der Waals surface area contributed by atoms with Crippen LogP contribution in [-0.4, -0.2) is 45.3 Å². The van der Waals surface area contributed by atoms with Crippen LogP contribution in [0.4, 0.5) is 19.0 Å². The lowest BCUT2D eigenvalue weighted by molar-refractivity contribution is -0.192. The first kappa shape index (κ1) is 19.6. The Morgan fingerprint density at radius 3 is 2.42 bits per heavy atom. The van der Waals surface area contributed by atoms with Crippen LogP contribution in [0.1, 0.15) is 22.6 Å². The largest absolute Gasteiger partial charge is 0.490 e. The minimum absolute atomic E-state index is 0.967. The van der Waals surface area contributed by atoms with Gasteiger partial charge in [-0.1, -0.05) is 6.07 Å². The number of fused-ring (bicyclic) bond motifs is 1. The van der Waals surface area contributed by atoms with Crippen LogP contribution in [-0.2, 0) is 17.6 Å². The van der Waals surface area contributed by atoms with E-state index in [1.54, 1.807) is 6.33 Å². The Morgan fingerprint density at radius 2 is 1.81 bits per heavy atom. The maximum absolute atomic E-state index is 10.6. The molecule has 0 atom stereocenters. The molecule has 0 radical (unpaired) electrons. The zero-order valence-corrected chi connectivity index (χ0v) is 14.4. The van der Waals surface area contributed by atoms with Crippen molar-refractivity contribution in [3.05, 3.63) is 47.2 Å². The topological polar surface area (TPSA) is 79.2 Å². The molecule has 26 heavy (non-hydrogen) atoms. The minimum Gasteiger partial charge on any atom is -0.475 e. The first-order valence-corrected chi connectivity index (χ1v) is 7.96. The number of halogens is 3. The van der Waals surface area contributed by atoms with Crippen LogP contribution in [0.25, 0.3) is 0 Å². The average molecular weight is 368 g/mol. The highest BCUT2D eigenvalue weighted by atomic mass is 19.4. The molecule has 0 fully saturated rings. The number of rotatable bonds is 1. The van der Waals surface area contributed by atoms with Crippen LogP contribution >= 0.6 is 0 Å². The number of anilines is 1. The number of carboxylic acid groups (broad SMARTS) is 1. The standard InChI is InChI=1S/C15H18N4.C2HF3O2/c1-11-4-3-5-15(18-11)19-8-6-13-12(2)16-10-17-14(13)7-9-19;3-2(4,5)1(6)7/h3-5,10H,6-9H2,1-2H3;(H,6,7). The summed E-state index contributed by atoms with van der Waals surface area (Å²) < 4.78 is 31.7. The Labute approximate surface area is 148 Å². The van der Waals surface area contributed by atoms with E-state index in [1.165, 1.54) is 11.3 Å². The van der Waals surface area contributed by atoms with E-state index in [1.807, 2.05) is 13.0 Å². The van der Waals surface area contributed by atoms with Gasteiger partial charge in [0.15, 0.2) is 0 Å². The van der Waals surface area contributed by atoms with Crippen LogP contribution in [0.5, 0.6) is 0 Å². The van der Waals surface area contributed by atoms with Gasteiger partial charge in [-0.15, -0.1) is 0 Å². The van der Waals surface area contributed by atoms with Crippen LogP contribution in [0, 0.1) is 13.8 Å². The molecule has 9 heteroatoms. The first-order valence-electron chi connectivity index (χ1n) is 7.96. The van der Waals surface area contributed by atoms with Crippen molar-refractivity contribution in [3.8, 4) is 0 Å². The highest BCUT2D eigenvalue weighted by molar-refractivity contribution is 5.73. The molecule has 1 aliphatic heterocycles. The van der Waals surface area contributed by atoms with Crippen molar-refractivity contribution in [1.82, 2.24) is 15.0 Å². The van der Waals surface area contributed by atoms with E-state index in [0.29, 0.717) is 0 Å². The fourth-order valence-corrected chi connectivity index (χ4v) is 2.62. The summed E-state index contributed by atoms with van der Waals surface area (Å²) in [6.45, 7) is 6.06. The smallest absolute Gasteiger partial charge is 0.475 e. The Kier molecular flexibility index (Phi) is 6.12. The maximum atomic E-state index is 10.6. The van der Waals surface area contributed by atoms with Gasteiger partial charge >= 0.3 is 12.1 Å². The molecular formula is C17H19F3N4O2. The lowest BCUT2D eigenvalue weighted by Gasteiger charge is -2.21. The third-order valence-corrected chi connectivity index (χ3v) is 3.94. The predicted molar refractivity (Wildman–Crippen MR) is 89.1 cm³/mol. The Bertz CT molecular complexity index is 781. The number of hydrogen-bond acceptors (Lipinski definition) is 5. The normalized spacial score (nSPS) is 14.0. The highest BCUT2D eigenvalue weighted by Crippen LogP contribution is 2.19. The fraction of sp³-hybridized carbons (Fsp3) is 0.412. The second-order valence-electron chi connectivity index (χ2n) is 5.81. The van der Waals surface area contributed by atoms with Gasteiger partial charge in [0.2, 0.25) is 0 Å². The molecular weight excluding hydrogens is 349 g/mol. The van der Waals surface area contributed by atoms with E-state index in [4.69, 9.17) is 9.90 Å². The second kappa shape index (κ2) is 8.11. The summed E-state index contributed by atoms with van der Waals surface area (Å²) in [4.78, 5) is 24.6. The second-order valence-corrected chi connectivity index (χ2v) is 5.81. The Balaban J connectivity index is 0.000000298. The Hall–Kier alpha value is -2.71. The minimum atomic E-state index is -5.08. The van der Waals surface area contributed by atoms with Gasteiger partial charge in [-0.3, -0.25) is 0 Å². The summed E-state index contributed by atoms with van der Waals surface area (Å²) in [6.07, 6.45) is -1.44. The van der Waals surface area contributed by atoms with E-state index in [9.17, 15) is 13.2 Å². The number of nitrogens with zero attached hydrogens (tertiary/aromatic N) is 4. The van der Waals surface area contributed by atoms with Crippen molar-refractivity contribution in [2.75, 3.05) is 18.0 Å². The molecule has 2 aromatic heterocycles. The lowest BCUT2D eigenvalue weighted by Crippen LogP contribution is -2.27. The molecule has 0 saturated heterocycles. The summed E-state index contributed by atoms with van der Waals surface area (Å²) >= 11 is 0. The molecule has 6 nitrogen and oxygen atoms in total. The van der Waals surface area contributed by atoms with Crippen molar-refractivity contribution in [2.45, 2.75) is 32.9 Å². The SMILES string of the molecule is Cc1cccc(N2CCc3ncnc(C)c3CC2)n1.O=C(O)C(F)(F)F. The van der Waals surface area contributed by atoms with Crippen molar-refractivity contribution in [3.63, 3.8) is 0 Å². The molecule has 0 unspecified atom stereocenters. The lowest BCUT2D eigenvalue weighted by atomic mass is 10.1. The molecule has 0 saturated carbocycles. The highest BCUT2D eigenvalue weighted by Gasteiger charge is 2.38. The molecule has 140 valence electrons. The summed E-state index contributed by atoms with van der Waals surface area (Å²) in [7, 11) is 0. The Morgan fingerprint density at radius 1 is 1.15 bits per heavy atom. The summed E-state index contributed by atoms with van der Waals surface area (Å²) in [5.41, 5.74) is 4.69. The molecule has 3 rings (SSSR count). The summed E-state index contributed by atoms with van der Waals surface area (Å²) in [5, 5.41) is 7.12. The summed E-state index contributed by atoms with van der Waals surface area (Å²) in [6, 6.07) is 6.19. The van der Waals surface area contributed by atoms with Crippen molar-refractivity contribution < 1.29 is 23.1 Å². The predicted octanol–water partition coefficient (Wildman–Crippen LogP) is 2.73. The molecule has 0 aromatic carbocycles. The molecule has 0 spiro atoms. The van der Waals surface area contributed by atoms with E-state index in [0.717, 1.165) is 43.1 Å². The summed E-state index contributed by atoms with van der Waals surface area (Å²) in [5.74, 6) is -1.69. The quantitative estimate of drug-likeness (QED) is 0.834. The molecule has 3 heterocycles. The van der Waals surface area contributed by atoms with Gasteiger partial charge in [-0.25, -0.2) is 19.7 Å². The van der Waals surface area contributed by atoms with E-state index < -0.39 is 12.1 Å². The number of aryl methyl sites for hydroxylation is 2. The van der Waals surface area contributed by atoms with E-state index in [2.05, 4.69) is 38.9 Å². The van der Waals surface area contributed by atoms with Crippen molar-refractivity contribution >= 4 is 11.8 Å². The van der Waals surface area contributed by atoms with Gasteiger partial charge in [-0.2, -0.15) is 13.2 Å². The van der Waals surface area contributed by atoms with Gasteiger partial charge in [-0.05, 0) is 38.0 Å². The van der Waals surface area contributed by atoms with Gasteiger partial charge in [0.1, 0.15) is 12.1 Å². The third kappa shape index (κ3) is 5.14. The molecule has 1 aliphatic rings. The number of hydrogen-bond donors (Lipinski definition) is 1. The van der Waals surface area contributed by atoms with Crippen LogP contribution in [0.3, 0.4) is 0 Å². The number of alkyl halides is 3. The van der Waals surface area contributed by atoms with Crippen LogP contribution in [0.15, 0.2) is 24.5 Å². The van der Waals surface area contributed by atoms with Gasteiger partial charge in [0, 0.05) is 36.6 Å². The number of carbonyl (C=O) groups is 1. The van der Waals surface area contributed by atoms with Gasteiger partial charge in [0.05, 0.1) is 0 Å². The average Bonchev–Trinajstić information content (AvgIpc) is 2.78. The number of aliphatic carboxylic acids is 1. The maximum Gasteiger partial charge on any atom is 0.490 e. The van der Waals surface area contributed by atoms with Crippen LogP contribution < -0.4 is 4.90 Å². The van der Waals surface area contributed by atoms with E-state index >= 15 is 0 Å². The molecule has 1 N–H and O–H groups in total. The van der Waals surface area contributed by atoms with Crippen LogP contribution in [0.2, 0.25) is 0 Å². The third-order valence-electron chi connectivity index (χ3n) is 3.94. The zero-order valence-electron chi connectivity index (χ0n) is 14.4. The number of pyridine rings is 1. The van der Waals surface area contributed by atoms with Crippen molar-refractivity contribution in [1.29, 1.82) is 0 Å². The first-order chi connectivity index (χ1) is 12.2. The zero-order chi connectivity index (χ0) is 19.3. The van der Waals surface area contributed by atoms with Gasteiger partial charge < -0.3 is 10.0 Å². The molecule has 0 aliphatic carbocycles. The van der Waals surface area contributed by atoms with E-state index in [-0.39, 0.29) is 0 Å². The molecule has 2 aromatic rings. The molecule has 0 bridgehead atoms.